The summed E-state index contributed by atoms with van der Waals surface area (Å²) in [7, 11) is 0. The first-order valence-corrected chi connectivity index (χ1v) is 9.33. The molecule has 1 amide bonds. The van der Waals surface area contributed by atoms with E-state index in [1.54, 1.807) is 49.1 Å². The first-order valence-electron chi connectivity index (χ1n) is 9.33. The van der Waals surface area contributed by atoms with Gasteiger partial charge in [0.1, 0.15) is 11.1 Å². The zero-order valence-corrected chi connectivity index (χ0v) is 16.7. The summed E-state index contributed by atoms with van der Waals surface area (Å²) < 4.78 is 0. The topological polar surface area (TPSA) is 95.3 Å². The first-order chi connectivity index (χ1) is 13.7. The average molecular weight is 391 g/mol. The lowest BCUT2D eigenvalue weighted by atomic mass is 9.56. The second kappa shape index (κ2) is 7.64. The molecule has 0 saturated carbocycles. The molecule has 0 aliphatic heterocycles. The lowest BCUT2D eigenvalue weighted by Gasteiger charge is -2.55. The molecule has 3 N–H and O–H groups in total. The maximum atomic E-state index is 12.5. The molecule has 0 fully saturated rings. The van der Waals surface area contributed by atoms with Crippen LogP contribution in [0, 0.1) is 5.41 Å². The van der Waals surface area contributed by atoms with Gasteiger partial charge in [-0.1, -0.05) is 63.2 Å². The van der Waals surface area contributed by atoms with Gasteiger partial charge in [0.15, 0.2) is 0 Å². The Bertz CT molecular complexity index is 917. The quantitative estimate of drug-likeness (QED) is 0.613. The van der Waals surface area contributed by atoms with Crippen LogP contribution in [0.3, 0.4) is 0 Å². The fourth-order valence-corrected chi connectivity index (χ4v) is 4.14. The van der Waals surface area contributed by atoms with Crippen molar-refractivity contribution in [1.82, 2.24) is 15.3 Å². The molecule has 2 aromatic heterocycles. The Balaban J connectivity index is 2.49. The second-order valence-electron chi connectivity index (χ2n) is 7.99. The summed E-state index contributed by atoms with van der Waals surface area (Å²) in [4.78, 5) is 20.5. The van der Waals surface area contributed by atoms with Gasteiger partial charge in [-0.05, 0) is 23.1 Å². The van der Waals surface area contributed by atoms with Crippen molar-refractivity contribution in [2.75, 3.05) is 0 Å². The molecule has 29 heavy (non-hydrogen) atoms. The number of aromatic nitrogens is 2. The highest BCUT2D eigenvalue weighted by molar-refractivity contribution is 5.68. The third kappa shape index (κ3) is 3.36. The van der Waals surface area contributed by atoms with Gasteiger partial charge in [0, 0.05) is 35.9 Å². The van der Waals surface area contributed by atoms with E-state index in [4.69, 9.17) is 0 Å². The zero-order chi connectivity index (χ0) is 21.1. The van der Waals surface area contributed by atoms with Crippen molar-refractivity contribution in [2.24, 2.45) is 5.41 Å². The van der Waals surface area contributed by atoms with Gasteiger partial charge >= 0.3 is 6.09 Å². The van der Waals surface area contributed by atoms with Crippen LogP contribution in [0.4, 0.5) is 4.79 Å². The van der Waals surface area contributed by atoms with E-state index in [0.29, 0.717) is 16.7 Å². The zero-order valence-electron chi connectivity index (χ0n) is 16.7. The molecule has 0 spiro atoms. The average Bonchev–Trinajstić information content (AvgIpc) is 2.72. The number of nitrogens with zero attached hydrogens (tertiary/aromatic N) is 2. The van der Waals surface area contributed by atoms with E-state index in [1.807, 2.05) is 51.1 Å². The number of hydrogen-bond acceptors (Lipinski definition) is 4. The number of amides is 1. The van der Waals surface area contributed by atoms with Gasteiger partial charge in [-0.3, -0.25) is 9.97 Å². The van der Waals surface area contributed by atoms with Crippen molar-refractivity contribution in [1.29, 1.82) is 0 Å². The van der Waals surface area contributed by atoms with Crippen molar-refractivity contribution in [3.8, 4) is 0 Å². The lowest BCUT2D eigenvalue weighted by Crippen LogP contribution is -2.66. The predicted octanol–water partition coefficient (Wildman–Crippen LogP) is 3.92. The minimum absolute atomic E-state index is 0.459. The first kappa shape index (κ1) is 20.5. The number of carboxylic acid groups (broad SMARTS) is 1. The third-order valence-corrected chi connectivity index (χ3v) is 5.33. The largest absolute Gasteiger partial charge is 0.465 e. The highest BCUT2D eigenvalue weighted by Gasteiger charge is 2.61. The second-order valence-corrected chi connectivity index (χ2v) is 7.99. The molecule has 3 aromatic rings. The summed E-state index contributed by atoms with van der Waals surface area (Å²) in [5.74, 6) is 0. The third-order valence-electron chi connectivity index (χ3n) is 5.33. The molecule has 0 radical (unpaired) electrons. The molecule has 0 bridgehead atoms. The molecule has 1 atom stereocenters. The molecule has 2 heterocycles. The number of nitrogens with one attached hydrogen (secondary N) is 1. The molecule has 150 valence electrons. The van der Waals surface area contributed by atoms with E-state index < -0.39 is 22.6 Å². The Morgan fingerprint density at radius 3 is 1.69 bits per heavy atom. The number of pyridine rings is 2. The summed E-state index contributed by atoms with van der Waals surface area (Å²) in [5, 5.41) is 25.1. The van der Waals surface area contributed by atoms with Gasteiger partial charge in [-0.15, -0.1) is 0 Å². The van der Waals surface area contributed by atoms with Crippen LogP contribution in [0.25, 0.3) is 0 Å². The molecular weight excluding hydrogens is 366 g/mol. The molecule has 0 aliphatic rings. The van der Waals surface area contributed by atoms with Crippen LogP contribution < -0.4 is 5.32 Å². The summed E-state index contributed by atoms with van der Waals surface area (Å²) in [5.41, 5.74) is -2.47. The van der Waals surface area contributed by atoms with E-state index in [2.05, 4.69) is 15.3 Å². The minimum Gasteiger partial charge on any atom is -0.465 e. The van der Waals surface area contributed by atoms with E-state index >= 15 is 0 Å². The fraction of sp³-hybridized carbons (Fsp3) is 0.261. The number of aliphatic hydroxyl groups is 1. The van der Waals surface area contributed by atoms with Gasteiger partial charge in [0.05, 0.1) is 0 Å². The number of carbonyl (C=O) groups is 1. The van der Waals surface area contributed by atoms with Crippen LogP contribution in [0.5, 0.6) is 0 Å². The number of hydrogen-bond donors (Lipinski definition) is 3. The van der Waals surface area contributed by atoms with Crippen LogP contribution >= 0.6 is 0 Å². The molecule has 1 aromatic carbocycles. The van der Waals surface area contributed by atoms with Crippen LogP contribution in [0.15, 0.2) is 79.4 Å². The molecular formula is C23H25N3O3. The van der Waals surface area contributed by atoms with Crippen molar-refractivity contribution in [2.45, 2.75) is 31.9 Å². The van der Waals surface area contributed by atoms with E-state index in [0.717, 1.165) is 0 Å². The van der Waals surface area contributed by atoms with Crippen molar-refractivity contribution in [3.05, 3.63) is 96.1 Å². The van der Waals surface area contributed by atoms with Crippen molar-refractivity contribution >= 4 is 6.09 Å². The Morgan fingerprint density at radius 1 is 0.828 bits per heavy atom. The maximum Gasteiger partial charge on any atom is 0.405 e. The van der Waals surface area contributed by atoms with Crippen molar-refractivity contribution < 1.29 is 15.0 Å². The predicted molar refractivity (Wildman–Crippen MR) is 110 cm³/mol. The van der Waals surface area contributed by atoms with Crippen LogP contribution in [-0.2, 0) is 11.1 Å². The summed E-state index contributed by atoms with van der Waals surface area (Å²) >= 11 is 0. The van der Waals surface area contributed by atoms with E-state index in [1.165, 1.54) is 0 Å². The van der Waals surface area contributed by atoms with Crippen molar-refractivity contribution in [3.63, 3.8) is 0 Å². The Morgan fingerprint density at radius 2 is 1.31 bits per heavy atom. The van der Waals surface area contributed by atoms with E-state index in [-0.39, 0.29) is 0 Å². The highest BCUT2D eigenvalue weighted by Crippen LogP contribution is 2.54. The molecule has 3 rings (SSSR count). The highest BCUT2D eigenvalue weighted by atomic mass is 16.4. The van der Waals surface area contributed by atoms with Crippen LogP contribution in [0.2, 0.25) is 0 Å². The lowest BCUT2D eigenvalue weighted by molar-refractivity contribution is -0.0811. The molecule has 0 aliphatic carbocycles. The van der Waals surface area contributed by atoms with Crippen LogP contribution in [0.1, 0.15) is 37.5 Å². The fourth-order valence-electron chi connectivity index (χ4n) is 4.14. The standard InChI is InChI=1S/C23H25N3O3/c1-21(2,3)23(26-20(27)28,17-9-5-4-6-10-17)22(29,18-11-7-13-24-15-18)19-12-8-14-25-16-19/h4-16,26,29H,1-3H3,(H,27,28)/t23-/m0/s1. The molecule has 0 saturated heterocycles. The Kier molecular flexibility index (Phi) is 5.40. The van der Waals surface area contributed by atoms with Gasteiger partial charge in [0.25, 0.3) is 0 Å². The summed E-state index contributed by atoms with van der Waals surface area (Å²) in [6.45, 7) is 5.69. The van der Waals surface area contributed by atoms with Crippen LogP contribution in [-0.4, -0.2) is 26.3 Å². The van der Waals surface area contributed by atoms with E-state index in [9.17, 15) is 15.0 Å². The van der Waals surface area contributed by atoms with Gasteiger partial charge < -0.3 is 15.5 Å². The monoisotopic (exact) mass is 391 g/mol. The smallest absolute Gasteiger partial charge is 0.405 e. The minimum atomic E-state index is -1.80. The SMILES string of the molecule is CC(C)(C)[C@@](NC(=O)O)(c1ccccc1)C(O)(c1cccnc1)c1cccnc1. The van der Waals surface area contributed by atoms with Gasteiger partial charge in [-0.2, -0.15) is 0 Å². The molecule has 0 unspecified atom stereocenters. The summed E-state index contributed by atoms with van der Waals surface area (Å²) in [6, 6.07) is 16.1. The van der Waals surface area contributed by atoms with Gasteiger partial charge in [-0.25, -0.2) is 4.79 Å². The Labute approximate surface area is 170 Å². The normalized spacial score (nSPS) is 14.1. The summed E-state index contributed by atoms with van der Waals surface area (Å²) in [6.07, 6.45) is 5.09. The van der Waals surface area contributed by atoms with Gasteiger partial charge in [0.2, 0.25) is 0 Å². The Hall–Kier alpha value is -3.25. The number of rotatable bonds is 5. The maximum absolute atomic E-state index is 12.5. The molecule has 6 heteroatoms. The number of benzene rings is 1. The molecule has 6 nitrogen and oxygen atoms in total.